The van der Waals surface area contributed by atoms with E-state index in [-0.39, 0.29) is 5.82 Å². The lowest BCUT2D eigenvalue weighted by Crippen LogP contribution is -1.92. The number of rotatable bonds is 4. The van der Waals surface area contributed by atoms with Gasteiger partial charge in [-0.05, 0) is 52.4 Å². The molecular formula is C18H11N3O3S. The Morgan fingerprint density at radius 2 is 1.72 bits per heavy atom. The Bertz CT molecular complexity index is 1010. The first kappa shape index (κ1) is 15.2. The van der Waals surface area contributed by atoms with Crippen LogP contribution in [0.15, 0.2) is 66.9 Å². The second-order valence-corrected chi connectivity index (χ2v) is 6.25. The Morgan fingerprint density at radius 1 is 0.960 bits per heavy atom. The van der Waals surface area contributed by atoms with E-state index in [1.54, 1.807) is 11.3 Å². The number of benzene rings is 2. The third kappa shape index (κ3) is 3.17. The van der Waals surface area contributed by atoms with Gasteiger partial charge in [0.2, 0.25) is 0 Å². The number of aromatic nitrogens is 2. The summed E-state index contributed by atoms with van der Waals surface area (Å²) < 4.78 is 6.81. The van der Waals surface area contributed by atoms with Crippen molar-refractivity contribution >= 4 is 27.4 Å². The van der Waals surface area contributed by atoms with E-state index in [1.807, 2.05) is 42.5 Å². The molecule has 0 aliphatic rings. The summed E-state index contributed by atoms with van der Waals surface area (Å²) in [5, 5.41) is 11.6. The highest BCUT2D eigenvalue weighted by Gasteiger charge is 2.09. The highest BCUT2D eigenvalue weighted by molar-refractivity contribution is 7.21. The second-order valence-electron chi connectivity index (χ2n) is 5.22. The molecule has 122 valence electrons. The SMILES string of the molecule is O=[N+]([O-])c1ccc(Oc2ccc(-c3nc4ccccc4s3)cc2)cn1. The third-order valence-electron chi connectivity index (χ3n) is 3.54. The molecule has 2 aromatic heterocycles. The van der Waals surface area contributed by atoms with E-state index in [0.29, 0.717) is 11.5 Å². The van der Waals surface area contributed by atoms with Crippen LogP contribution in [-0.4, -0.2) is 14.9 Å². The molecule has 0 aliphatic heterocycles. The summed E-state index contributed by atoms with van der Waals surface area (Å²) in [5.74, 6) is 0.859. The molecular weight excluding hydrogens is 338 g/mol. The van der Waals surface area contributed by atoms with E-state index >= 15 is 0 Å². The van der Waals surface area contributed by atoms with E-state index in [0.717, 1.165) is 20.8 Å². The molecule has 0 saturated carbocycles. The maximum atomic E-state index is 10.6. The number of hydrogen-bond donors (Lipinski definition) is 0. The van der Waals surface area contributed by atoms with Crippen LogP contribution in [0.2, 0.25) is 0 Å². The molecule has 0 aliphatic carbocycles. The van der Waals surface area contributed by atoms with E-state index < -0.39 is 4.92 Å². The number of fused-ring (bicyclic) bond motifs is 1. The van der Waals surface area contributed by atoms with Gasteiger partial charge in [0.25, 0.3) is 0 Å². The number of hydrogen-bond acceptors (Lipinski definition) is 6. The first-order valence-electron chi connectivity index (χ1n) is 7.43. The largest absolute Gasteiger partial charge is 0.453 e. The van der Waals surface area contributed by atoms with E-state index in [9.17, 15) is 10.1 Å². The lowest BCUT2D eigenvalue weighted by Gasteiger charge is -2.04. The molecule has 0 spiro atoms. The van der Waals surface area contributed by atoms with E-state index in [2.05, 4.69) is 16.0 Å². The molecule has 4 aromatic rings. The van der Waals surface area contributed by atoms with Crippen molar-refractivity contribution in [1.29, 1.82) is 0 Å². The number of nitro groups is 1. The van der Waals surface area contributed by atoms with Gasteiger partial charge in [0, 0.05) is 11.6 Å². The standard InChI is InChI=1S/C18H11N3O3S/c22-21(23)17-10-9-14(11-19-17)24-13-7-5-12(6-8-13)18-20-15-3-1-2-4-16(15)25-18/h1-11H. The van der Waals surface area contributed by atoms with Crippen LogP contribution in [0.1, 0.15) is 0 Å². The lowest BCUT2D eigenvalue weighted by atomic mass is 10.2. The molecule has 2 aromatic carbocycles. The molecule has 0 saturated heterocycles. The Hall–Kier alpha value is -3.32. The topological polar surface area (TPSA) is 78.2 Å². The van der Waals surface area contributed by atoms with Gasteiger partial charge in [0.05, 0.1) is 10.2 Å². The van der Waals surface area contributed by atoms with Crippen molar-refractivity contribution in [3.63, 3.8) is 0 Å². The average Bonchev–Trinajstić information content (AvgIpc) is 3.07. The van der Waals surface area contributed by atoms with Gasteiger partial charge in [-0.15, -0.1) is 11.3 Å². The fourth-order valence-electron chi connectivity index (χ4n) is 2.34. The maximum Gasteiger partial charge on any atom is 0.363 e. The number of para-hydroxylation sites is 1. The van der Waals surface area contributed by atoms with Gasteiger partial charge in [-0.3, -0.25) is 0 Å². The van der Waals surface area contributed by atoms with Crippen molar-refractivity contribution < 1.29 is 9.66 Å². The molecule has 0 amide bonds. The smallest absolute Gasteiger partial charge is 0.363 e. The van der Waals surface area contributed by atoms with Crippen LogP contribution in [0.3, 0.4) is 0 Å². The summed E-state index contributed by atoms with van der Waals surface area (Å²) in [6, 6.07) is 18.4. The molecule has 6 nitrogen and oxygen atoms in total. The summed E-state index contributed by atoms with van der Waals surface area (Å²) in [5.41, 5.74) is 2.00. The summed E-state index contributed by atoms with van der Waals surface area (Å²) >= 11 is 1.64. The summed E-state index contributed by atoms with van der Waals surface area (Å²) in [6.07, 6.45) is 1.33. The van der Waals surface area contributed by atoms with Gasteiger partial charge in [0.1, 0.15) is 10.8 Å². The zero-order chi connectivity index (χ0) is 17.2. The van der Waals surface area contributed by atoms with Crippen molar-refractivity contribution in [1.82, 2.24) is 9.97 Å². The van der Waals surface area contributed by atoms with Crippen molar-refractivity contribution in [2.24, 2.45) is 0 Å². The maximum absolute atomic E-state index is 10.6. The van der Waals surface area contributed by atoms with Crippen molar-refractivity contribution in [3.05, 3.63) is 77.0 Å². The zero-order valence-corrected chi connectivity index (χ0v) is 13.6. The minimum atomic E-state index is -0.545. The second kappa shape index (κ2) is 6.29. The summed E-state index contributed by atoms with van der Waals surface area (Å²) in [4.78, 5) is 18.4. The first-order valence-corrected chi connectivity index (χ1v) is 8.25. The van der Waals surface area contributed by atoms with E-state index in [4.69, 9.17) is 4.74 Å². The minimum absolute atomic E-state index is 0.210. The Kier molecular flexibility index (Phi) is 3.83. The zero-order valence-electron chi connectivity index (χ0n) is 12.8. The Morgan fingerprint density at radius 3 is 2.40 bits per heavy atom. The first-order chi connectivity index (χ1) is 12.2. The fraction of sp³-hybridized carbons (Fsp3) is 0. The number of thiazole rings is 1. The molecule has 0 radical (unpaired) electrons. The predicted molar refractivity (Wildman–Crippen MR) is 96.0 cm³/mol. The van der Waals surface area contributed by atoms with Crippen molar-refractivity contribution in [2.75, 3.05) is 0 Å². The Labute approximate surface area is 146 Å². The quantitative estimate of drug-likeness (QED) is 0.380. The van der Waals surface area contributed by atoms with Gasteiger partial charge in [-0.2, -0.15) is 0 Å². The van der Waals surface area contributed by atoms with Crippen LogP contribution in [0.25, 0.3) is 20.8 Å². The van der Waals surface area contributed by atoms with Gasteiger partial charge in [-0.1, -0.05) is 12.1 Å². The molecule has 2 heterocycles. The van der Waals surface area contributed by atoms with Crippen molar-refractivity contribution in [2.45, 2.75) is 0 Å². The number of ether oxygens (including phenoxy) is 1. The predicted octanol–water partition coefficient (Wildman–Crippen LogP) is 5.06. The van der Waals surface area contributed by atoms with Crippen LogP contribution < -0.4 is 4.74 Å². The lowest BCUT2D eigenvalue weighted by molar-refractivity contribution is -0.389. The molecule has 0 fully saturated rings. The Balaban J connectivity index is 1.54. The molecule has 0 unspecified atom stereocenters. The van der Waals surface area contributed by atoms with Crippen LogP contribution in [-0.2, 0) is 0 Å². The number of pyridine rings is 1. The van der Waals surface area contributed by atoms with E-state index in [1.165, 1.54) is 18.3 Å². The summed E-state index contributed by atoms with van der Waals surface area (Å²) in [7, 11) is 0. The van der Waals surface area contributed by atoms with Gasteiger partial charge in [-0.25, -0.2) is 4.98 Å². The number of nitrogens with zero attached hydrogens (tertiary/aromatic N) is 3. The molecule has 0 bridgehead atoms. The molecule has 4 rings (SSSR count). The van der Waals surface area contributed by atoms with Gasteiger partial charge >= 0.3 is 5.82 Å². The fourth-order valence-corrected chi connectivity index (χ4v) is 3.31. The molecule has 0 atom stereocenters. The van der Waals surface area contributed by atoms with Gasteiger partial charge in [0.15, 0.2) is 11.9 Å². The van der Waals surface area contributed by atoms with Crippen molar-refractivity contribution in [3.8, 4) is 22.1 Å². The highest BCUT2D eigenvalue weighted by atomic mass is 32.1. The third-order valence-corrected chi connectivity index (χ3v) is 4.62. The summed E-state index contributed by atoms with van der Waals surface area (Å²) in [6.45, 7) is 0. The highest BCUT2D eigenvalue weighted by Crippen LogP contribution is 2.31. The average molecular weight is 349 g/mol. The minimum Gasteiger partial charge on any atom is -0.453 e. The monoisotopic (exact) mass is 349 g/mol. The molecule has 25 heavy (non-hydrogen) atoms. The van der Waals surface area contributed by atoms with Crippen LogP contribution in [0.5, 0.6) is 11.5 Å². The van der Waals surface area contributed by atoms with Crippen LogP contribution in [0.4, 0.5) is 5.82 Å². The van der Waals surface area contributed by atoms with Crippen LogP contribution in [0, 0.1) is 10.1 Å². The van der Waals surface area contributed by atoms with Crippen LogP contribution >= 0.6 is 11.3 Å². The molecule has 0 N–H and O–H groups in total. The molecule has 7 heteroatoms. The normalized spacial score (nSPS) is 10.7. The van der Waals surface area contributed by atoms with Gasteiger partial charge < -0.3 is 14.9 Å².